The average Bonchev–Trinajstić information content (AvgIpc) is 3.13. The average molecular weight is 322 g/mol. The molecule has 0 aliphatic heterocycles. The summed E-state index contributed by atoms with van der Waals surface area (Å²) in [6, 6.07) is 16.2. The van der Waals surface area contributed by atoms with Crippen molar-refractivity contribution >= 4 is 23.2 Å². The Labute approximate surface area is 139 Å². The molecule has 0 atom stereocenters. The maximum Gasteiger partial charge on any atom is 0.195 e. The van der Waals surface area contributed by atoms with Crippen molar-refractivity contribution in [2.24, 2.45) is 7.05 Å². The molecule has 0 aliphatic rings. The molecule has 0 bridgehead atoms. The van der Waals surface area contributed by atoms with Crippen molar-refractivity contribution in [1.82, 2.24) is 9.78 Å². The Kier molecular flexibility index (Phi) is 4.53. The fraction of sp³-hybridized carbons (Fsp3) is 0.158. The molecular weight excluding hydrogens is 304 g/mol. The molecule has 0 fully saturated rings. The number of hydrogen-bond donors (Lipinski definition) is 0. The second-order valence-electron chi connectivity index (χ2n) is 5.46. The van der Waals surface area contributed by atoms with Crippen molar-refractivity contribution in [2.75, 3.05) is 0 Å². The van der Waals surface area contributed by atoms with E-state index in [4.69, 9.17) is 0 Å². The van der Waals surface area contributed by atoms with Crippen LogP contribution in [0.4, 0.5) is 0 Å². The molecule has 23 heavy (non-hydrogen) atoms. The van der Waals surface area contributed by atoms with Crippen molar-refractivity contribution in [3.05, 3.63) is 81.3 Å². The van der Waals surface area contributed by atoms with Gasteiger partial charge in [0.15, 0.2) is 5.78 Å². The Hall–Kier alpha value is -2.46. The zero-order valence-electron chi connectivity index (χ0n) is 13.2. The highest BCUT2D eigenvalue weighted by atomic mass is 32.1. The summed E-state index contributed by atoms with van der Waals surface area (Å²) in [5.74, 6) is 0.0256. The number of nitrogens with zero attached hydrogens (tertiary/aromatic N) is 2. The highest BCUT2D eigenvalue weighted by molar-refractivity contribution is 7.14. The summed E-state index contributed by atoms with van der Waals surface area (Å²) in [4.78, 5) is 14.2. The standard InChI is InChI=1S/C19H18N2OS/c1-14-12-16(20-21(14)2)8-10-18(22)19-11-9-17(23-19)13-15-6-4-3-5-7-15/h3-12H,13H2,1-2H3/b10-8+. The molecule has 4 heteroatoms. The Morgan fingerprint density at radius 3 is 2.70 bits per heavy atom. The van der Waals surface area contributed by atoms with Crippen molar-refractivity contribution in [2.45, 2.75) is 13.3 Å². The highest BCUT2D eigenvalue weighted by Gasteiger charge is 2.07. The van der Waals surface area contributed by atoms with Crippen LogP contribution in [0.1, 0.15) is 31.5 Å². The van der Waals surface area contributed by atoms with E-state index in [1.807, 2.05) is 50.4 Å². The van der Waals surface area contributed by atoms with Gasteiger partial charge in [-0.05, 0) is 42.8 Å². The van der Waals surface area contributed by atoms with Gasteiger partial charge in [-0.25, -0.2) is 0 Å². The van der Waals surface area contributed by atoms with E-state index in [2.05, 4.69) is 17.2 Å². The lowest BCUT2D eigenvalue weighted by molar-refractivity contribution is 0.105. The van der Waals surface area contributed by atoms with Gasteiger partial charge in [0.1, 0.15) is 0 Å². The van der Waals surface area contributed by atoms with Crippen LogP contribution in [0.15, 0.2) is 54.6 Å². The molecule has 3 aromatic rings. The number of allylic oxidation sites excluding steroid dienone is 1. The number of thiophene rings is 1. The van der Waals surface area contributed by atoms with Gasteiger partial charge in [-0.1, -0.05) is 30.3 Å². The summed E-state index contributed by atoms with van der Waals surface area (Å²) in [7, 11) is 1.89. The number of aryl methyl sites for hydroxylation is 2. The largest absolute Gasteiger partial charge is 0.288 e. The quantitative estimate of drug-likeness (QED) is 0.519. The number of carbonyl (C=O) groups excluding carboxylic acids is 1. The molecule has 2 aromatic heterocycles. The van der Waals surface area contributed by atoms with Crippen molar-refractivity contribution in [3.8, 4) is 0 Å². The van der Waals surface area contributed by atoms with Crippen LogP contribution < -0.4 is 0 Å². The smallest absolute Gasteiger partial charge is 0.195 e. The molecule has 3 rings (SSSR count). The summed E-state index contributed by atoms with van der Waals surface area (Å²) in [5.41, 5.74) is 3.13. The Balaban J connectivity index is 1.68. The van der Waals surface area contributed by atoms with E-state index >= 15 is 0 Å². The van der Waals surface area contributed by atoms with Gasteiger partial charge in [-0.15, -0.1) is 11.3 Å². The van der Waals surface area contributed by atoms with E-state index in [1.165, 1.54) is 10.4 Å². The molecular formula is C19H18N2OS. The second kappa shape index (κ2) is 6.75. The van der Waals surface area contributed by atoms with Crippen molar-refractivity contribution in [3.63, 3.8) is 0 Å². The third-order valence-electron chi connectivity index (χ3n) is 3.66. The van der Waals surface area contributed by atoms with Gasteiger partial charge in [-0.2, -0.15) is 5.10 Å². The fourth-order valence-corrected chi connectivity index (χ4v) is 3.28. The minimum absolute atomic E-state index is 0.0256. The maximum atomic E-state index is 12.3. The van der Waals surface area contributed by atoms with E-state index in [0.717, 1.165) is 22.7 Å². The highest BCUT2D eigenvalue weighted by Crippen LogP contribution is 2.21. The lowest BCUT2D eigenvalue weighted by atomic mass is 10.1. The number of hydrogen-bond acceptors (Lipinski definition) is 3. The second-order valence-corrected chi connectivity index (χ2v) is 6.63. The van der Waals surface area contributed by atoms with Crippen LogP contribution in [0.5, 0.6) is 0 Å². The molecule has 0 radical (unpaired) electrons. The minimum Gasteiger partial charge on any atom is -0.288 e. The molecule has 0 aliphatic carbocycles. The van der Waals surface area contributed by atoms with E-state index in [9.17, 15) is 4.79 Å². The molecule has 3 nitrogen and oxygen atoms in total. The molecule has 1 aromatic carbocycles. The monoisotopic (exact) mass is 322 g/mol. The minimum atomic E-state index is 0.0256. The summed E-state index contributed by atoms with van der Waals surface area (Å²) in [6.45, 7) is 1.99. The van der Waals surface area contributed by atoms with E-state index in [-0.39, 0.29) is 5.78 Å². The van der Waals surface area contributed by atoms with Crippen LogP contribution in [-0.4, -0.2) is 15.6 Å². The zero-order chi connectivity index (χ0) is 16.2. The molecule has 0 unspecified atom stereocenters. The topological polar surface area (TPSA) is 34.9 Å². The number of rotatable bonds is 5. The lowest BCUT2D eigenvalue weighted by Crippen LogP contribution is -1.92. The van der Waals surface area contributed by atoms with Crippen LogP contribution in [0.25, 0.3) is 6.08 Å². The molecule has 0 spiro atoms. The van der Waals surface area contributed by atoms with Gasteiger partial charge in [0.05, 0.1) is 10.6 Å². The Morgan fingerprint density at radius 1 is 1.22 bits per heavy atom. The van der Waals surface area contributed by atoms with Crippen LogP contribution in [0.2, 0.25) is 0 Å². The van der Waals surface area contributed by atoms with Crippen LogP contribution in [-0.2, 0) is 13.5 Å². The third kappa shape index (κ3) is 3.85. The third-order valence-corrected chi connectivity index (χ3v) is 4.76. The van der Waals surface area contributed by atoms with Gasteiger partial charge in [0, 0.05) is 24.0 Å². The first-order chi connectivity index (χ1) is 11.1. The van der Waals surface area contributed by atoms with Crippen LogP contribution >= 0.6 is 11.3 Å². The van der Waals surface area contributed by atoms with Gasteiger partial charge in [0.2, 0.25) is 0 Å². The summed E-state index contributed by atoms with van der Waals surface area (Å²) in [6.07, 6.45) is 4.23. The zero-order valence-corrected chi connectivity index (χ0v) is 14.0. The number of carbonyl (C=O) groups is 1. The van der Waals surface area contributed by atoms with E-state index in [0.29, 0.717) is 0 Å². The fourth-order valence-electron chi connectivity index (χ4n) is 2.32. The normalized spacial score (nSPS) is 11.2. The molecule has 0 amide bonds. The van der Waals surface area contributed by atoms with Crippen LogP contribution in [0.3, 0.4) is 0 Å². The molecule has 116 valence electrons. The number of ketones is 1. The molecule has 2 heterocycles. The summed E-state index contributed by atoms with van der Waals surface area (Å²) < 4.78 is 1.80. The predicted octanol–water partition coefficient (Wildman–Crippen LogP) is 4.28. The Morgan fingerprint density at radius 2 is 2.00 bits per heavy atom. The van der Waals surface area contributed by atoms with E-state index in [1.54, 1.807) is 28.2 Å². The summed E-state index contributed by atoms with van der Waals surface area (Å²) in [5, 5.41) is 4.32. The number of benzene rings is 1. The van der Waals surface area contributed by atoms with Crippen molar-refractivity contribution < 1.29 is 4.79 Å². The molecule has 0 saturated carbocycles. The Bertz CT molecular complexity index is 824. The van der Waals surface area contributed by atoms with Gasteiger partial charge < -0.3 is 0 Å². The lowest BCUT2D eigenvalue weighted by Gasteiger charge is -1.96. The maximum absolute atomic E-state index is 12.3. The molecule has 0 N–H and O–H groups in total. The van der Waals surface area contributed by atoms with E-state index < -0.39 is 0 Å². The van der Waals surface area contributed by atoms with Gasteiger partial charge in [0.25, 0.3) is 0 Å². The SMILES string of the molecule is Cc1cc(/C=C/C(=O)c2ccc(Cc3ccccc3)s2)nn1C. The number of aromatic nitrogens is 2. The first-order valence-electron chi connectivity index (χ1n) is 7.47. The predicted molar refractivity (Wildman–Crippen MR) is 94.9 cm³/mol. The molecule has 0 saturated heterocycles. The first-order valence-corrected chi connectivity index (χ1v) is 8.29. The van der Waals surface area contributed by atoms with Crippen molar-refractivity contribution in [1.29, 1.82) is 0 Å². The van der Waals surface area contributed by atoms with Gasteiger partial charge in [-0.3, -0.25) is 9.48 Å². The van der Waals surface area contributed by atoms with Crippen LogP contribution in [0, 0.1) is 6.92 Å². The summed E-state index contributed by atoms with van der Waals surface area (Å²) >= 11 is 1.55. The van der Waals surface area contributed by atoms with Gasteiger partial charge >= 0.3 is 0 Å². The first kappa shape index (κ1) is 15.4.